The van der Waals surface area contributed by atoms with Crippen LogP contribution < -0.4 is 16.4 Å². The molecule has 0 aliphatic heterocycles. The number of anilines is 1. The second-order valence-corrected chi connectivity index (χ2v) is 5.39. The number of nitrogens with two attached hydrogens (primary N) is 1. The van der Waals surface area contributed by atoms with Crippen LogP contribution in [0.3, 0.4) is 0 Å². The molecule has 1 aliphatic carbocycles. The molecule has 1 aromatic rings. The molecule has 1 aromatic carbocycles. The van der Waals surface area contributed by atoms with Gasteiger partial charge in [0, 0.05) is 19.0 Å². The van der Waals surface area contributed by atoms with Gasteiger partial charge in [-0.2, -0.15) is 0 Å². The Morgan fingerprint density at radius 2 is 2.05 bits per heavy atom. The molecule has 0 spiro atoms. The van der Waals surface area contributed by atoms with Crippen molar-refractivity contribution in [1.82, 2.24) is 5.32 Å². The molecule has 2 atom stereocenters. The summed E-state index contributed by atoms with van der Waals surface area (Å²) in [4.78, 5) is 24.1. The van der Waals surface area contributed by atoms with Gasteiger partial charge in [-0.1, -0.05) is 11.6 Å². The lowest BCUT2D eigenvalue weighted by Gasteiger charge is -2.14. The molecule has 2 unspecified atom stereocenters. The van der Waals surface area contributed by atoms with Crippen molar-refractivity contribution in [2.75, 3.05) is 12.4 Å². The molecule has 0 bridgehead atoms. The lowest BCUT2D eigenvalue weighted by atomic mass is 10.0. The molecular formula is C15H21N3O2. The quantitative estimate of drug-likeness (QED) is 0.780. The van der Waals surface area contributed by atoms with Crippen LogP contribution in [0.25, 0.3) is 0 Å². The van der Waals surface area contributed by atoms with Gasteiger partial charge in [0.1, 0.15) is 0 Å². The Kier molecular flexibility index (Phi) is 4.39. The van der Waals surface area contributed by atoms with Crippen molar-refractivity contribution in [3.63, 3.8) is 0 Å². The van der Waals surface area contributed by atoms with E-state index in [4.69, 9.17) is 5.73 Å². The summed E-state index contributed by atoms with van der Waals surface area (Å²) in [5, 5.41) is 5.45. The van der Waals surface area contributed by atoms with E-state index in [1.807, 2.05) is 13.0 Å². The Labute approximate surface area is 118 Å². The van der Waals surface area contributed by atoms with E-state index in [2.05, 4.69) is 10.6 Å². The van der Waals surface area contributed by atoms with Crippen LogP contribution in [-0.2, 0) is 4.79 Å². The Morgan fingerprint density at radius 1 is 1.30 bits per heavy atom. The van der Waals surface area contributed by atoms with E-state index in [1.54, 1.807) is 19.2 Å². The van der Waals surface area contributed by atoms with Crippen LogP contribution in [0.4, 0.5) is 5.69 Å². The van der Waals surface area contributed by atoms with Crippen LogP contribution in [-0.4, -0.2) is 24.9 Å². The normalized spacial score (nSPS) is 21.6. The molecule has 2 rings (SSSR count). The SMILES string of the molecule is CNC(=O)c1cc(C)ccc1NC(=O)C1CCC(N)C1. The molecule has 0 aromatic heterocycles. The van der Waals surface area contributed by atoms with Crippen LogP contribution in [0, 0.1) is 12.8 Å². The van der Waals surface area contributed by atoms with E-state index < -0.39 is 0 Å². The lowest BCUT2D eigenvalue weighted by molar-refractivity contribution is -0.119. The van der Waals surface area contributed by atoms with Gasteiger partial charge < -0.3 is 16.4 Å². The van der Waals surface area contributed by atoms with Gasteiger partial charge in [0.2, 0.25) is 5.91 Å². The summed E-state index contributed by atoms with van der Waals surface area (Å²) >= 11 is 0. The van der Waals surface area contributed by atoms with E-state index >= 15 is 0 Å². The molecular weight excluding hydrogens is 254 g/mol. The fraction of sp³-hybridized carbons (Fsp3) is 0.467. The summed E-state index contributed by atoms with van der Waals surface area (Å²) in [7, 11) is 1.58. The smallest absolute Gasteiger partial charge is 0.253 e. The minimum absolute atomic E-state index is 0.0491. The number of benzene rings is 1. The maximum atomic E-state index is 12.2. The summed E-state index contributed by atoms with van der Waals surface area (Å²) in [6.45, 7) is 1.91. The number of rotatable bonds is 3. The average molecular weight is 275 g/mol. The zero-order valence-corrected chi connectivity index (χ0v) is 11.9. The van der Waals surface area contributed by atoms with Gasteiger partial charge in [-0.15, -0.1) is 0 Å². The first-order valence-corrected chi connectivity index (χ1v) is 6.90. The van der Waals surface area contributed by atoms with E-state index in [9.17, 15) is 9.59 Å². The Bertz CT molecular complexity index is 528. The van der Waals surface area contributed by atoms with Crippen LogP contribution in [0.1, 0.15) is 35.2 Å². The number of carbonyl (C=O) groups is 2. The van der Waals surface area contributed by atoms with Crippen molar-refractivity contribution in [2.45, 2.75) is 32.2 Å². The van der Waals surface area contributed by atoms with Crippen LogP contribution >= 0.6 is 0 Å². The molecule has 0 heterocycles. The first kappa shape index (κ1) is 14.5. The highest BCUT2D eigenvalue weighted by Gasteiger charge is 2.28. The predicted molar refractivity (Wildman–Crippen MR) is 78.5 cm³/mol. The number of hydrogen-bond donors (Lipinski definition) is 3. The van der Waals surface area contributed by atoms with Gasteiger partial charge in [-0.3, -0.25) is 9.59 Å². The van der Waals surface area contributed by atoms with E-state index in [-0.39, 0.29) is 23.8 Å². The second-order valence-electron chi connectivity index (χ2n) is 5.39. The fourth-order valence-electron chi connectivity index (χ4n) is 2.58. The molecule has 4 N–H and O–H groups in total. The third-order valence-corrected chi connectivity index (χ3v) is 3.75. The highest BCUT2D eigenvalue weighted by atomic mass is 16.2. The third-order valence-electron chi connectivity index (χ3n) is 3.75. The molecule has 1 aliphatic rings. The Balaban J connectivity index is 2.16. The van der Waals surface area contributed by atoms with E-state index in [1.165, 1.54) is 0 Å². The number of carbonyl (C=O) groups excluding carboxylic acids is 2. The monoisotopic (exact) mass is 275 g/mol. The number of hydrogen-bond acceptors (Lipinski definition) is 3. The maximum Gasteiger partial charge on any atom is 0.253 e. The third kappa shape index (κ3) is 3.17. The number of amides is 2. The topological polar surface area (TPSA) is 84.2 Å². The Hall–Kier alpha value is -1.88. The zero-order valence-electron chi connectivity index (χ0n) is 11.9. The van der Waals surface area contributed by atoms with Crippen LogP contribution in [0.2, 0.25) is 0 Å². The van der Waals surface area contributed by atoms with Gasteiger partial charge in [-0.25, -0.2) is 0 Å². The minimum Gasteiger partial charge on any atom is -0.355 e. The van der Waals surface area contributed by atoms with Crippen LogP contribution in [0.5, 0.6) is 0 Å². The summed E-state index contributed by atoms with van der Waals surface area (Å²) in [6, 6.07) is 5.53. The Morgan fingerprint density at radius 3 is 2.65 bits per heavy atom. The summed E-state index contributed by atoms with van der Waals surface area (Å²) in [6.07, 6.45) is 2.41. The highest BCUT2D eigenvalue weighted by Crippen LogP contribution is 2.26. The summed E-state index contributed by atoms with van der Waals surface area (Å²) in [5.41, 5.74) is 7.85. The molecule has 20 heavy (non-hydrogen) atoms. The molecule has 5 heteroatoms. The van der Waals surface area contributed by atoms with Crippen molar-refractivity contribution in [1.29, 1.82) is 0 Å². The van der Waals surface area contributed by atoms with Gasteiger partial charge in [0.25, 0.3) is 5.91 Å². The van der Waals surface area contributed by atoms with E-state index in [0.29, 0.717) is 17.7 Å². The maximum absolute atomic E-state index is 12.2. The first-order chi connectivity index (χ1) is 9.51. The summed E-state index contributed by atoms with van der Waals surface area (Å²) < 4.78 is 0. The van der Waals surface area contributed by atoms with Crippen molar-refractivity contribution >= 4 is 17.5 Å². The number of nitrogens with one attached hydrogen (secondary N) is 2. The molecule has 0 saturated heterocycles. The zero-order chi connectivity index (χ0) is 14.7. The minimum atomic E-state index is -0.202. The molecule has 108 valence electrons. The van der Waals surface area contributed by atoms with Crippen molar-refractivity contribution in [3.05, 3.63) is 29.3 Å². The van der Waals surface area contributed by atoms with Gasteiger partial charge in [0.15, 0.2) is 0 Å². The lowest BCUT2D eigenvalue weighted by Crippen LogP contribution is -2.26. The fourth-order valence-corrected chi connectivity index (χ4v) is 2.58. The second kappa shape index (κ2) is 6.05. The van der Waals surface area contributed by atoms with Crippen molar-refractivity contribution in [3.8, 4) is 0 Å². The standard InChI is InChI=1S/C15H21N3O2/c1-9-3-6-13(12(7-9)15(20)17-2)18-14(19)10-4-5-11(16)8-10/h3,6-7,10-11H,4-5,8,16H2,1-2H3,(H,17,20)(H,18,19). The van der Waals surface area contributed by atoms with Crippen LogP contribution in [0.15, 0.2) is 18.2 Å². The predicted octanol–water partition coefficient (Wildman–Crippen LogP) is 1.42. The van der Waals surface area contributed by atoms with Gasteiger partial charge in [0.05, 0.1) is 11.3 Å². The number of aryl methyl sites for hydroxylation is 1. The molecule has 0 radical (unpaired) electrons. The average Bonchev–Trinajstić information content (AvgIpc) is 2.86. The largest absolute Gasteiger partial charge is 0.355 e. The summed E-state index contributed by atoms with van der Waals surface area (Å²) in [5.74, 6) is -0.303. The van der Waals surface area contributed by atoms with Crippen molar-refractivity contribution in [2.24, 2.45) is 11.7 Å². The molecule has 5 nitrogen and oxygen atoms in total. The molecule has 1 saturated carbocycles. The molecule has 1 fully saturated rings. The van der Waals surface area contributed by atoms with Gasteiger partial charge in [-0.05, 0) is 38.3 Å². The van der Waals surface area contributed by atoms with Crippen molar-refractivity contribution < 1.29 is 9.59 Å². The highest BCUT2D eigenvalue weighted by molar-refractivity contribution is 6.04. The van der Waals surface area contributed by atoms with Gasteiger partial charge >= 0.3 is 0 Å². The van der Waals surface area contributed by atoms with E-state index in [0.717, 1.165) is 18.4 Å². The first-order valence-electron chi connectivity index (χ1n) is 6.90. The molecule has 2 amide bonds.